The Bertz CT molecular complexity index is 237. The highest BCUT2D eigenvalue weighted by atomic mass is 33.7. The van der Waals surface area contributed by atoms with E-state index in [2.05, 4.69) is 64.3 Å². The van der Waals surface area contributed by atoms with Crippen LogP contribution in [0.3, 0.4) is 0 Å². The van der Waals surface area contributed by atoms with Crippen molar-refractivity contribution >= 4 is 59.4 Å². The normalized spacial score (nSPS) is 12.9. The summed E-state index contributed by atoms with van der Waals surface area (Å²) in [4.78, 5) is 0. The van der Waals surface area contributed by atoms with Crippen LogP contribution in [-0.4, -0.2) is 17.3 Å². The second kappa shape index (κ2) is 10.7. The summed E-state index contributed by atoms with van der Waals surface area (Å²) in [5, 5.41) is 0. The smallest absolute Gasteiger partial charge is 0.103 e. The molecule has 0 radical (unpaired) electrons. The zero-order valence-corrected chi connectivity index (χ0v) is 17.3. The Balaban J connectivity index is 4.25. The van der Waals surface area contributed by atoms with E-state index in [1.165, 1.54) is 17.3 Å². The Hall–Kier alpha value is 2.05. The van der Waals surface area contributed by atoms with Gasteiger partial charge in [-0.15, -0.1) is 22.8 Å². The average Bonchev–Trinajstić information content (AvgIpc) is 2.23. The summed E-state index contributed by atoms with van der Waals surface area (Å²) in [6.45, 7) is 13.7. The first-order valence-corrected chi connectivity index (χ1v) is 15.4. The summed E-state index contributed by atoms with van der Waals surface area (Å²) in [5.41, 5.74) is 0. The first-order valence-electron chi connectivity index (χ1n) is 6.45. The lowest BCUT2D eigenvalue weighted by atomic mass is 10.3. The molecular formula is C12H27PS5. The highest BCUT2D eigenvalue weighted by Gasteiger charge is 2.21. The third-order valence-corrected chi connectivity index (χ3v) is 22.3. The summed E-state index contributed by atoms with van der Waals surface area (Å²) in [6, 6.07) is 0. The fourth-order valence-corrected chi connectivity index (χ4v) is 19.4. The van der Waals surface area contributed by atoms with Crippen LogP contribution in [-0.2, 0) is 11.8 Å². The molecule has 0 aromatic heterocycles. The van der Waals surface area contributed by atoms with Crippen LogP contribution in [0, 0.1) is 17.8 Å². The van der Waals surface area contributed by atoms with Crippen molar-refractivity contribution in [2.24, 2.45) is 17.8 Å². The summed E-state index contributed by atoms with van der Waals surface area (Å²) in [5.74, 6) is 5.87. The predicted molar refractivity (Wildman–Crippen MR) is 104 cm³/mol. The summed E-state index contributed by atoms with van der Waals surface area (Å²) < 4.78 is -1.34. The van der Waals surface area contributed by atoms with Gasteiger partial charge in [0.1, 0.15) is 3.64 Å². The van der Waals surface area contributed by atoms with Crippen molar-refractivity contribution in [1.29, 1.82) is 0 Å². The predicted octanol–water partition coefficient (Wildman–Crippen LogP) is 7.03. The van der Waals surface area contributed by atoms with E-state index in [1.807, 2.05) is 21.2 Å². The molecule has 0 spiro atoms. The molecule has 0 saturated carbocycles. The van der Waals surface area contributed by atoms with Gasteiger partial charge in [-0.3, -0.25) is 0 Å². The van der Waals surface area contributed by atoms with Crippen LogP contribution in [0.4, 0.5) is 0 Å². The largest absolute Gasteiger partial charge is 0.119 e. The maximum Gasteiger partial charge on any atom is 0.119 e. The molecule has 0 aliphatic heterocycles. The van der Waals surface area contributed by atoms with E-state index in [0.717, 1.165) is 17.8 Å². The molecular weight excluding hydrogens is 335 g/mol. The van der Waals surface area contributed by atoms with Gasteiger partial charge in [0.2, 0.25) is 0 Å². The number of rotatable bonds is 10. The molecule has 6 heteroatoms. The molecule has 110 valence electrons. The Morgan fingerprint density at radius 2 is 1.17 bits per heavy atom. The van der Waals surface area contributed by atoms with Crippen molar-refractivity contribution < 1.29 is 0 Å². The third kappa shape index (κ3) is 11.8. The van der Waals surface area contributed by atoms with Crippen molar-refractivity contribution in [3.63, 3.8) is 0 Å². The second-order valence-electron chi connectivity index (χ2n) is 5.58. The van der Waals surface area contributed by atoms with E-state index in [9.17, 15) is 0 Å². The summed E-state index contributed by atoms with van der Waals surface area (Å²) in [6.07, 6.45) is 0. The van der Waals surface area contributed by atoms with Gasteiger partial charge in [0.15, 0.2) is 0 Å². The molecule has 0 aliphatic rings. The first-order chi connectivity index (χ1) is 8.25. The van der Waals surface area contributed by atoms with Crippen molar-refractivity contribution in [1.82, 2.24) is 0 Å². The van der Waals surface area contributed by atoms with Gasteiger partial charge in [0, 0.05) is 17.3 Å². The second-order valence-corrected chi connectivity index (χ2v) is 23.2. The van der Waals surface area contributed by atoms with Crippen LogP contribution < -0.4 is 0 Å². The Kier molecular flexibility index (Phi) is 12.0. The van der Waals surface area contributed by atoms with E-state index in [0.29, 0.717) is 0 Å². The average molecular weight is 363 g/mol. The van der Waals surface area contributed by atoms with Gasteiger partial charge in [0.25, 0.3) is 0 Å². The SMILES string of the molecule is CC(C)CSSP(=S)(SCC(C)C)SCC(C)C. The number of hydrogen-bond donors (Lipinski definition) is 0. The minimum atomic E-state index is -1.34. The summed E-state index contributed by atoms with van der Waals surface area (Å²) in [7, 11) is 4.00. The molecule has 0 N–H and O–H groups in total. The highest BCUT2D eigenvalue weighted by molar-refractivity contribution is 9.34. The lowest BCUT2D eigenvalue weighted by Crippen LogP contribution is -1.92. The van der Waals surface area contributed by atoms with Gasteiger partial charge in [-0.05, 0) is 28.2 Å². The molecule has 18 heavy (non-hydrogen) atoms. The van der Waals surface area contributed by atoms with Gasteiger partial charge >= 0.3 is 0 Å². The zero-order chi connectivity index (χ0) is 14.2. The van der Waals surface area contributed by atoms with Gasteiger partial charge in [0.05, 0.1) is 0 Å². The van der Waals surface area contributed by atoms with Crippen molar-refractivity contribution in [2.75, 3.05) is 17.3 Å². The van der Waals surface area contributed by atoms with E-state index in [-0.39, 0.29) is 0 Å². The molecule has 0 aromatic carbocycles. The first kappa shape index (κ1) is 20.1. The molecule has 0 saturated heterocycles. The third-order valence-electron chi connectivity index (χ3n) is 1.68. The molecule has 0 bridgehead atoms. The van der Waals surface area contributed by atoms with Crippen LogP contribution in [0.5, 0.6) is 0 Å². The van der Waals surface area contributed by atoms with E-state index < -0.39 is 3.64 Å². The minimum absolute atomic E-state index is 0.743. The van der Waals surface area contributed by atoms with Gasteiger partial charge in [-0.25, -0.2) is 0 Å². The number of hydrogen-bond acceptors (Lipinski definition) is 5. The molecule has 0 amide bonds. The maximum atomic E-state index is 5.97. The quantitative estimate of drug-likeness (QED) is 0.301. The lowest BCUT2D eigenvalue weighted by molar-refractivity contribution is 0.752. The molecule has 0 aliphatic carbocycles. The van der Waals surface area contributed by atoms with Crippen molar-refractivity contribution in [3.8, 4) is 0 Å². The van der Waals surface area contributed by atoms with Crippen molar-refractivity contribution in [3.05, 3.63) is 0 Å². The molecule has 0 atom stereocenters. The molecule has 0 rings (SSSR count). The Morgan fingerprint density at radius 3 is 1.50 bits per heavy atom. The molecule has 0 nitrogen and oxygen atoms in total. The Labute approximate surface area is 135 Å². The lowest BCUT2D eigenvalue weighted by Gasteiger charge is -2.21. The summed E-state index contributed by atoms with van der Waals surface area (Å²) >= 11 is 10.1. The zero-order valence-electron chi connectivity index (χ0n) is 12.3. The fourth-order valence-electron chi connectivity index (χ4n) is 0.792. The van der Waals surface area contributed by atoms with E-state index in [1.54, 1.807) is 0 Å². The standard InChI is InChI=1S/C12H27PS5/c1-10(2)7-15-13(14,16-8-11(3)4)18-17-9-12(5)6/h10-12H,7-9H2,1-6H3. The van der Waals surface area contributed by atoms with Gasteiger partial charge in [-0.1, -0.05) is 64.1 Å². The highest BCUT2D eigenvalue weighted by Crippen LogP contribution is 2.81. The minimum Gasteiger partial charge on any atom is -0.103 e. The molecule has 0 heterocycles. The maximum absolute atomic E-state index is 5.97. The van der Waals surface area contributed by atoms with Gasteiger partial charge < -0.3 is 0 Å². The molecule has 0 aromatic rings. The Morgan fingerprint density at radius 1 is 0.778 bits per heavy atom. The van der Waals surface area contributed by atoms with Crippen molar-refractivity contribution in [2.45, 2.75) is 41.5 Å². The monoisotopic (exact) mass is 362 g/mol. The molecule has 0 fully saturated rings. The van der Waals surface area contributed by atoms with Crippen LogP contribution in [0.1, 0.15) is 41.5 Å². The van der Waals surface area contributed by atoms with Gasteiger partial charge in [-0.2, -0.15) is 0 Å². The fraction of sp³-hybridized carbons (Fsp3) is 1.00. The topological polar surface area (TPSA) is 0 Å². The van der Waals surface area contributed by atoms with Crippen LogP contribution in [0.25, 0.3) is 0 Å². The van der Waals surface area contributed by atoms with Crippen LogP contribution >= 0.6 is 47.6 Å². The van der Waals surface area contributed by atoms with Crippen LogP contribution in [0.2, 0.25) is 0 Å². The van der Waals surface area contributed by atoms with Crippen LogP contribution in [0.15, 0.2) is 0 Å². The van der Waals surface area contributed by atoms with E-state index >= 15 is 0 Å². The molecule has 0 unspecified atom stereocenters. The van der Waals surface area contributed by atoms with E-state index in [4.69, 9.17) is 11.8 Å².